The highest BCUT2D eigenvalue weighted by Gasteiger charge is 2.24. The van der Waals surface area contributed by atoms with Gasteiger partial charge in [-0.3, -0.25) is 9.59 Å². The van der Waals surface area contributed by atoms with E-state index >= 15 is 0 Å². The number of hydrogen-bond acceptors (Lipinski definition) is 7. The smallest absolute Gasteiger partial charge is 0.328 e. The molecular formula is C24H27N5O4. The molecule has 0 radical (unpaired) electrons. The molecule has 0 aliphatic heterocycles. The maximum Gasteiger partial charge on any atom is 0.328 e. The Morgan fingerprint density at radius 2 is 1.70 bits per heavy atom. The number of nitrogens with one attached hydrogen (secondary N) is 3. The van der Waals surface area contributed by atoms with Crippen LogP contribution in [-0.2, 0) is 20.9 Å². The minimum Gasteiger partial charge on any atom is -0.467 e. The fourth-order valence-corrected chi connectivity index (χ4v) is 3.26. The van der Waals surface area contributed by atoms with E-state index in [9.17, 15) is 14.4 Å². The lowest BCUT2D eigenvalue weighted by molar-refractivity contribution is -0.142. The van der Waals surface area contributed by atoms with E-state index in [2.05, 4.69) is 25.9 Å². The van der Waals surface area contributed by atoms with E-state index in [0.717, 1.165) is 5.39 Å². The van der Waals surface area contributed by atoms with Crippen molar-refractivity contribution in [2.75, 3.05) is 17.7 Å². The number of methoxy groups -OCH3 is 1. The van der Waals surface area contributed by atoms with Crippen LogP contribution in [0.4, 0.5) is 11.5 Å². The van der Waals surface area contributed by atoms with Crippen LogP contribution in [0.3, 0.4) is 0 Å². The molecule has 0 saturated heterocycles. The number of hydrogen-bond donors (Lipinski definition) is 3. The van der Waals surface area contributed by atoms with Gasteiger partial charge in [-0.15, -0.1) is 0 Å². The average Bonchev–Trinajstić information content (AvgIpc) is 2.80. The summed E-state index contributed by atoms with van der Waals surface area (Å²) in [5.74, 6) is -0.0114. The minimum absolute atomic E-state index is 0.0326. The van der Waals surface area contributed by atoms with Gasteiger partial charge in [-0.1, -0.05) is 26.0 Å². The summed E-state index contributed by atoms with van der Waals surface area (Å²) in [7, 11) is 1.35. The molecule has 0 saturated carbocycles. The summed E-state index contributed by atoms with van der Waals surface area (Å²) < 4.78 is 4.92. The van der Waals surface area contributed by atoms with Gasteiger partial charge >= 0.3 is 5.97 Å². The number of aromatic nitrogens is 2. The zero-order valence-corrected chi connectivity index (χ0v) is 19.0. The molecule has 1 aromatic heterocycles. The van der Waals surface area contributed by atoms with Gasteiger partial charge in [0.2, 0.25) is 5.91 Å². The summed E-state index contributed by atoms with van der Waals surface area (Å²) in [5.41, 5.74) is 1.73. The molecule has 0 aliphatic carbocycles. The molecule has 2 aromatic carbocycles. The van der Waals surface area contributed by atoms with Crippen molar-refractivity contribution in [3.63, 3.8) is 0 Å². The van der Waals surface area contributed by atoms with Crippen molar-refractivity contribution in [3.8, 4) is 0 Å². The quantitative estimate of drug-likeness (QED) is 0.452. The van der Waals surface area contributed by atoms with Crippen LogP contribution in [0, 0.1) is 5.92 Å². The Morgan fingerprint density at radius 1 is 1.00 bits per heavy atom. The van der Waals surface area contributed by atoms with E-state index in [1.165, 1.54) is 14.0 Å². The van der Waals surface area contributed by atoms with Crippen molar-refractivity contribution in [2.45, 2.75) is 33.4 Å². The monoisotopic (exact) mass is 449 g/mol. The Bertz CT molecular complexity index is 1160. The number of anilines is 2. The van der Waals surface area contributed by atoms with Crippen molar-refractivity contribution in [2.24, 2.45) is 5.92 Å². The number of rotatable bonds is 8. The van der Waals surface area contributed by atoms with Gasteiger partial charge < -0.3 is 20.7 Å². The van der Waals surface area contributed by atoms with E-state index in [-0.39, 0.29) is 30.2 Å². The number of carbonyl (C=O) groups excluding carboxylic acids is 3. The molecule has 9 nitrogen and oxygen atoms in total. The Morgan fingerprint density at radius 3 is 2.33 bits per heavy atom. The molecule has 0 bridgehead atoms. The van der Waals surface area contributed by atoms with Crippen LogP contribution < -0.4 is 16.0 Å². The Kier molecular flexibility index (Phi) is 7.55. The average molecular weight is 450 g/mol. The minimum atomic E-state index is -0.585. The largest absolute Gasteiger partial charge is 0.467 e. The Labute approximate surface area is 192 Å². The predicted octanol–water partition coefficient (Wildman–Crippen LogP) is 3.13. The number of para-hydroxylation sites is 1. The van der Waals surface area contributed by atoms with Crippen LogP contribution in [-0.4, -0.2) is 40.9 Å². The number of carbonyl (C=O) groups is 3. The topological polar surface area (TPSA) is 122 Å². The van der Waals surface area contributed by atoms with Crippen molar-refractivity contribution in [3.05, 3.63) is 59.9 Å². The molecule has 1 atom stereocenters. The molecule has 3 N–H and O–H groups in total. The molecule has 33 heavy (non-hydrogen) atoms. The lowest BCUT2D eigenvalue weighted by Crippen LogP contribution is -2.36. The summed E-state index contributed by atoms with van der Waals surface area (Å²) in [6, 6.07) is 13.4. The highest BCUT2D eigenvalue weighted by molar-refractivity contribution is 5.95. The van der Waals surface area contributed by atoms with Gasteiger partial charge in [0, 0.05) is 23.6 Å². The lowest BCUT2D eigenvalue weighted by Gasteiger charge is -2.21. The van der Waals surface area contributed by atoms with Gasteiger partial charge in [0.05, 0.1) is 19.2 Å². The number of nitrogens with zero attached hydrogens (tertiary/aromatic N) is 2. The molecule has 0 spiro atoms. The van der Waals surface area contributed by atoms with Gasteiger partial charge in [0.15, 0.2) is 5.82 Å². The van der Waals surface area contributed by atoms with Gasteiger partial charge in [-0.2, -0.15) is 0 Å². The second-order valence-corrected chi connectivity index (χ2v) is 7.84. The first-order valence-electron chi connectivity index (χ1n) is 10.5. The molecule has 1 heterocycles. The van der Waals surface area contributed by atoms with E-state index < -0.39 is 6.04 Å². The number of benzene rings is 2. The maximum atomic E-state index is 12.6. The van der Waals surface area contributed by atoms with Crippen molar-refractivity contribution >= 4 is 40.2 Å². The van der Waals surface area contributed by atoms with E-state index in [1.54, 1.807) is 24.3 Å². The van der Waals surface area contributed by atoms with Crippen LogP contribution in [0.1, 0.15) is 37.0 Å². The standard InChI is InChI=1S/C24H27N5O4/c1-14(2)21(24(32)33-4)29-22-18-7-5-6-8-19(18)27-20(28-22)13-25-23(31)16-9-11-17(12-10-16)26-15(3)30/h5-12,14,21H,13H2,1-4H3,(H,25,31)(H,26,30)(H,27,28,29)/t21-/m0/s1. The zero-order valence-electron chi connectivity index (χ0n) is 19.0. The summed E-state index contributed by atoms with van der Waals surface area (Å²) in [6.07, 6.45) is 0. The zero-order chi connectivity index (χ0) is 24.0. The van der Waals surface area contributed by atoms with Crippen molar-refractivity contribution in [1.29, 1.82) is 0 Å². The first kappa shape index (κ1) is 23.6. The van der Waals surface area contributed by atoms with E-state index in [0.29, 0.717) is 28.4 Å². The van der Waals surface area contributed by atoms with Crippen molar-refractivity contribution < 1.29 is 19.1 Å². The molecule has 3 aromatic rings. The van der Waals surface area contributed by atoms with E-state index in [4.69, 9.17) is 4.74 Å². The highest BCUT2D eigenvalue weighted by Crippen LogP contribution is 2.22. The number of esters is 1. The van der Waals surface area contributed by atoms with Gasteiger partial charge in [-0.05, 0) is 42.3 Å². The molecule has 0 aliphatic rings. The fourth-order valence-electron chi connectivity index (χ4n) is 3.26. The van der Waals surface area contributed by atoms with Crippen LogP contribution in [0.5, 0.6) is 0 Å². The number of amides is 2. The fraction of sp³-hybridized carbons (Fsp3) is 0.292. The molecule has 9 heteroatoms. The molecular weight excluding hydrogens is 422 g/mol. The second-order valence-electron chi connectivity index (χ2n) is 7.84. The predicted molar refractivity (Wildman–Crippen MR) is 126 cm³/mol. The summed E-state index contributed by atoms with van der Waals surface area (Å²) >= 11 is 0. The highest BCUT2D eigenvalue weighted by atomic mass is 16.5. The first-order valence-corrected chi connectivity index (χ1v) is 10.5. The van der Waals surface area contributed by atoms with Crippen molar-refractivity contribution in [1.82, 2.24) is 15.3 Å². The van der Waals surface area contributed by atoms with Crippen LogP contribution in [0.25, 0.3) is 10.9 Å². The normalized spacial score (nSPS) is 11.7. The van der Waals surface area contributed by atoms with E-state index in [1.807, 2.05) is 38.1 Å². The van der Waals surface area contributed by atoms with Crippen LogP contribution >= 0.6 is 0 Å². The summed E-state index contributed by atoms with van der Waals surface area (Å²) in [4.78, 5) is 45.0. The third-order valence-corrected chi connectivity index (χ3v) is 4.94. The maximum absolute atomic E-state index is 12.6. The molecule has 172 valence electrons. The summed E-state index contributed by atoms with van der Waals surface area (Å²) in [5, 5.41) is 9.40. The lowest BCUT2D eigenvalue weighted by atomic mass is 10.0. The first-order chi connectivity index (χ1) is 15.8. The SMILES string of the molecule is COC(=O)[C@@H](Nc1nc(CNC(=O)c2ccc(NC(C)=O)cc2)nc2ccccc12)C(C)C. The molecule has 3 rings (SSSR count). The van der Waals surface area contributed by atoms with Gasteiger partial charge in [0.25, 0.3) is 5.91 Å². The second kappa shape index (κ2) is 10.5. The van der Waals surface area contributed by atoms with Gasteiger partial charge in [-0.25, -0.2) is 14.8 Å². The van der Waals surface area contributed by atoms with Gasteiger partial charge in [0.1, 0.15) is 11.9 Å². The summed E-state index contributed by atoms with van der Waals surface area (Å²) in [6.45, 7) is 5.34. The number of ether oxygens (including phenoxy) is 1. The van der Waals surface area contributed by atoms with Crippen LogP contribution in [0.2, 0.25) is 0 Å². The third-order valence-electron chi connectivity index (χ3n) is 4.94. The molecule has 0 fully saturated rings. The molecule has 0 unspecified atom stereocenters. The van der Waals surface area contributed by atoms with Crippen LogP contribution in [0.15, 0.2) is 48.5 Å². The molecule has 2 amide bonds. The number of fused-ring (bicyclic) bond motifs is 1. The third kappa shape index (κ3) is 6.03. The Balaban J connectivity index is 1.80. The Hall–Kier alpha value is -4.01.